The Hall–Kier alpha value is -2.83. The van der Waals surface area contributed by atoms with Gasteiger partial charge in [-0.15, -0.1) is 0 Å². The van der Waals surface area contributed by atoms with Crippen LogP contribution in [0, 0.1) is 5.41 Å². The van der Waals surface area contributed by atoms with Gasteiger partial charge in [0, 0.05) is 50.1 Å². The predicted octanol–water partition coefficient (Wildman–Crippen LogP) is 6.47. The number of nitrogens with zero attached hydrogens (tertiary/aromatic N) is 4. The van der Waals surface area contributed by atoms with Gasteiger partial charge >= 0.3 is 0 Å². The van der Waals surface area contributed by atoms with E-state index in [-0.39, 0.29) is 11.0 Å². The van der Waals surface area contributed by atoms with Crippen molar-refractivity contribution in [1.82, 2.24) is 14.7 Å². The van der Waals surface area contributed by atoms with Crippen molar-refractivity contribution < 1.29 is 9.30 Å². The number of aryl methyl sites for hydroxylation is 1. The molecule has 1 atom stereocenters. The van der Waals surface area contributed by atoms with E-state index in [1.807, 2.05) is 11.3 Å². The SMILES string of the molecule is CCN1C2=C(CC3(C)C(=Cc4sc5ccccc5[n+]4C)C=C(N(C)CCCN(C)C)OC3=C2)C(C)=CC1(C)C. The molecular formula is C33H45N4OS+. The van der Waals surface area contributed by atoms with E-state index >= 15 is 0 Å². The molecule has 0 N–H and O–H groups in total. The Morgan fingerprint density at radius 2 is 1.85 bits per heavy atom. The van der Waals surface area contributed by atoms with Crippen molar-refractivity contribution in [2.24, 2.45) is 12.5 Å². The van der Waals surface area contributed by atoms with Gasteiger partial charge in [0.1, 0.15) is 17.5 Å². The second-order valence-electron chi connectivity index (χ2n) is 12.3. The molecule has 39 heavy (non-hydrogen) atoms. The third kappa shape index (κ3) is 4.98. The fourth-order valence-corrected chi connectivity index (χ4v) is 7.49. The summed E-state index contributed by atoms with van der Waals surface area (Å²) in [5.74, 6) is 1.99. The molecule has 2 aromatic rings. The van der Waals surface area contributed by atoms with Crippen LogP contribution < -0.4 is 4.57 Å². The summed E-state index contributed by atoms with van der Waals surface area (Å²) < 4.78 is 10.5. The zero-order chi connectivity index (χ0) is 28.1. The van der Waals surface area contributed by atoms with Crippen molar-refractivity contribution in [3.63, 3.8) is 0 Å². The zero-order valence-corrected chi connectivity index (χ0v) is 26.1. The number of rotatable bonds is 7. The zero-order valence-electron chi connectivity index (χ0n) is 25.3. The first kappa shape index (κ1) is 27.7. The van der Waals surface area contributed by atoms with Crippen LogP contribution >= 0.6 is 11.3 Å². The largest absolute Gasteiger partial charge is 0.445 e. The molecule has 3 heterocycles. The van der Waals surface area contributed by atoms with E-state index in [4.69, 9.17) is 4.74 Å². The summed E-state index contributed by atoms with van der Waals surface area (Å²) in [6.07, 6.45) is 11.5. The quantitative estimate of drug-likeness (QED) is 0.372. The van der Waals surface area contributed by atoms with Crippen LogP contribution in [-0.4, -0.2) is 61.0 Å². The molecule has 0 spiro atoms. The average molecular weight is 546 g/mol. The minimum atomic E-state index is -0.244. The van der Waals surface area contributed by atoms with Crippen LogP contribution in [0.1, 0.15) is 52.5 Å². The Labute approximate surface area is 239 Å². The average Bonchev–Trinajstić information content (AvgIpc) is 3.18. The molecule has 2 aliphatic heterocycles. The highest BCUT2D eigenvalue weighted by molar-refractivity contribution is 7.18. The number of aromatic nitrogens is 1. The van der Waals surface area contributed by atoms with E-state index in [9.17, 15) is 0 Å². The molecule has 5 rings (SSSR count). The summed E-state index contributed by atoms with van der Waals surface area (Å²) >= 11 is 1.86. The van der Waals surface area contributed by atoms with Gasteiger partial charge in [0.2, 0.25) is 5.52 Å². The molecule has 0 saturated heterocycles. The Morgan fingerprint density at radius 1 is 1.10 bits per heavy atom. The number of hydrogen-bond donors (Lipinski definition) is 0. The highest BCUT2D eigenvalue weighted by Gasteiger charge is 2.46. The number of likely N-dealkylation sites (N-methyl/N-ethyl adjacent to an activating group) is 1. The van der Waals surface area contributed by atoms with Crippen molar-refractivity contribution in [3.8, 4) is 0 Å². The normalized spacial score (nSPS) is 23.4. The fourth-order valence-electron chi connectivity index (χ4n) is 6.39. The Morgan fingerprint density at radius 3 is 2.54 bits per heavy atom. The molecule has 1 aromatic heterocycles. The Bertz CT molecular complexity index is 1440. The number of thiazole rings is 1. The van der Waals surface area contributed by atoms with E-state index in [1.165, 1.54) is 37.6 Å². The summed E-state index contributed by atoms with van der Waals surface area (Å²) in [4.78, 5) is 7.05. The van der Waals surface area contributed by atoms with Crippen LogP contribution in [0.3, 0.4) is 0 Å². The van der Waals surface area contributed by atoms with Gasteiger partial charge in [-0.2, -0.15) is 4.57 Å². The number of hydrogen-bond acceptors (Lipinski definition) is 5. The molecule has 1 aromatic carbocycles. The molecule has 0 saturated carbocycles. The van der Waals surface area contributed by atoms with Crippen LogP contribution in [0.25, 0.3) is 16.3 Å². The van der Waals surface area contributed by atoms with Crippen LogP contribution in [0.15, 0.2) is 76.6 Å². The minimum absolute atomic E-state index is 0.0255. The molecule has 3 aliphatic rings. The third-order valence-corrected chi connectivity index (χ3v) is 9.82. The summed E-state index contributed by atoms with van der Waals surface area (Å²) in [5, 5.41) is 1.26. The van der Waals surface area contributed by atoms with Crippen LogP contribution in [0.4, 0.5) is 0 Å². The monoisotopic (exact) mass is 545 g/mol. The molecule has 0 fully saturated rings. The number of allylic oxidation sites excluding steroid dienone is 5. The van der Waals surface area contributed by atoms with Crippen LogP contribution in [0.5, 0.6) is 0 Å². The van der Waals surface area contributed by atoms with Gasteiger partial charge in [0.05, 0.1) is 11.0 Å². The van der Waals surface area contributed by atoms with Gasteiger partial charge in [0.25, 0.3) is 5.01 Å². The number of ether oxygens (including phenoxy) is 1. The number of fused-ring (bicyclic) bond motifs is 2. The first-order valence-corrected chi connectivity index (χ1v) is 15.0. The minimum Gasteiger partial charge on any atom is -0.445 e. The van der Waals surface area contributed by atoms with Crippen molar-refractivity contribution in [2.75, 3.05) is 40.8 Å². The molecule has 208 valence electrons. The van der Waals surface area contributed by atoms with Crippen molar-refractivity contribution in [3.05, 3.63) is 81.6 Å². The maximum atomic E-state index is 6.83. The smallest absolute Gasteiger partial charge is 0.262 e. The topological polar surface area (TPSA) is 22.8 Å². The lowest BCUT2D eigenvalue weighted by atomic mass is 9.68. The molecule has 5 nitrogen and oxygen atoms in total. The lowest BCUT2D eigenvalue weighted by Crippen LogP contribution is -2.46. The van der Waals surface area contributed by atoms with E-state index in [2.05, 4.69) is 131 Å². The summed E-state index contributed by atoms with van der Waals surface area (Å²) in [6.45, 7) is 14.5. The summed E-state index contributed by atoms with van der Waals surface area (Å²) in [5.41, 5.74) is 6.45. The third-order valence-electron chi connectivity index (χ3n) is 8.66. The number of para-hydroxylation sites is 1. The maximum absolute atomic E-state index is 6.83. The van der Waals surface area contributed by atoms with E-state index in [1.54, 1.807) is 0 Å². The maximum Gasteiger partial charge on any atom is 0.262 e. The molecule has 6 heteroatoms. The van der Waals surface area contributed by atoms with Gasteiger partial charge in [0.15, 0.2) is 5.88 Å². The fraction of sp³-hybridized carbons (Fsp3) is 0.485. The standard InChI is InChI=1S/C33H45N4OS/c1-10-37-27-20-29-33(5,22-25(27)23(2)21-32(37,3)4)24(18-30(38-29)35(8)17-13-16-34(6)7)19-31-36(9)26-14-11-12-15-28(26)39-31/h11-12,14-15,18-21H,10,13,16-17,22H2,1-9H3/q+1. The number of benzene rings is 1. The van der Waals surface area contributed by atoms with Gasteiger partial charge in [-0.05, 0) is 90.9 Å². The molecule has 1 unspecified atom stereocenters. The van der Waals surface area contributed by atoms with E-state index < -0.39 is 0 Å². The molecule has 0 bridgehead atoms. The summed E-state index contributed by atoms with van der Waals surface area (Å²) in [6, 6.07) is 8.67. The van der Waals surface area contributed by atoms with Crippen LogP contribution in [0.2, 0.25) is 0 Å². The Balaban J connectivity index is 1.62. The van der Waals surface area contributed by atoms with Crippen molar-refractivity contribution >= 4 is 27.6 Å². The lowest BCUT2D eigenvalue weighted by molar-refractivity contribution is -0.642. The van der Waals surface area contributed by atoms with Gasteiger partial charge in [-0.3, -0.25) is 0 Å². The Kier molecular flexibility index (Phi) is 7.32. The molecular weight excluding hydrogens is 500 g/mol. The van der Waals surface area contributed by atoms with Crippen LogP contribution in [-0.2, 0) is 11.8 Å². The summed E-state index contributed by atoms with van der Waals surface area (Å²) in [7, 11) is 8.60. The highest BCUT2D eigenvalue weighted by Crippen LogP contribution is 2.54. The highest BCUT2D eigenvalue weighted by atomic mass is 32.1. The predicted molar refractivity (Wildman–Crippen MR) is 164 cm³/mol. The van der Waals surface area contributed by atoms with Gasteiger partial charge in [-0.25, -0.2) is 0 Å². The lowest BCUT2D eigenvalue weighted by Gasteiger charge is -2.49. The molecule has 1 aliphatic carbocycles. The molecule has 0 radical (unpaired) electrons. The molecule has 0 amide bonds. The van der Waals surface area contributed by atoms with E-state index in [0.717, 1.165) is 44.1 Å². The first-order chi connectivity index (χ1) is 18.4. The second kappa shape index (κ2) is 10.3. The second-order valence-corrected chi connectivity index (χ2v) is 13.4. The van der Waals surface area contributed by atoms with E-state index in [0.29, 0.717) is 0 Å². The first-order valence-electron chi connectivity index (χ1n) is 14.2. The van der Waals surface area contributed by atoms with Crippen molar-refractivity contribution in [1.29, 1.82) is 0 Å². The van der Waals surface area contributed by atoms with Gasteiger partial charge in [-0.1, -0.05) is 29.5 Å². The van der Waals surface area contributed by atoms with Crippen molar-refractivity contribution in [2.45, 2.75) is 53.0 Å². The van der Waals surface area contributed by atoms with Gasteiger partial charge < -0.3 is 19.4 Å².